The molecule has 17 heavy (non-hydrogen) atoms. The molecule has 6 heteroatoms. The lowest BCUT2D eigenvalue weighted by molar-refractivity contribution is 0.122. The van der Waals surface area contributed by atoms with Gasteiger partial charge in [0.25, 0.3) is 0 Å². The van der Waals surface area contributed by atoms with Gasteiger partial charge >= 0.3 is 6.16 Å². The third-order valence-corrected chi connectivity index (χ3v) is 2.30. The van der Waals surface area contributed by atoms with Crippen molar-refractivity contribution in [2.24, 2.45) is 0 Å². The van der Waals surface area contributed by atoms with Gasteiger partial charge in [0, 0.05) is 6.54 Å². The highest BCUT2D eigenvalue weighted by atomic mass is 16.7. The summed E-state index contributed by atoms with van der Waals surface area (Å²) in [7, 11) is 1.24. The monoisotopic (exact) mass is 236 g/mol. The Bertz CT molecular complexity index is 535. The lowest BCUT2D eigenvalue weighted by atomic mass is 10.3. The molecule has 0 aliphatic heterocycles. The van der Waals surface area contributed by atoms with Crippen LogP contribution < -0.4 is 4.74 Å². The van der Waals surface area contributed by atoms with Crippen LogP contribution in [0.25, 0.3) is 11.0 Å². The van der Waals surface area contributed by atoms with Gasteiger partial charge in [0.15, 0.2) is 5.75 Å². The van der Waals surface area contributed by atoms with Gasteiger partial charge in [-0.25, -0.2) is 9.78 Å². The number of aromatic nitrogens is 2. The van der Waals surface area contributed by atoms with E-state index in [4.69, 9.17) is 9.84 Å². The van der Waals surface area contributed by atoms with E-state index >= 15 is 0 Å². The maximum Gasteiger partial charge on any atom is 0.513 e. The minimum absolute atomic E-state index is 0.0159. The second-order valence-corrected chi connectivity index (χ2v) is 3.34. The Morgan fingerprint density at radius 1 is 1.53 bits per heavy atom. The van der Waals surface area contributed by atoms with E-state index in [2.05, 4.69) is 9.72 Å². The Kier molecular flexibility index (Phi) is 3.24. The topological polar surface area (TPSA) is 73.6 Å². The molecule has 0 amide bonds. The number of fused-ring (bicyclic) bond motifs is 1. The number of benzene rings is 1. The summed E-state index contributed by atoms with van der Waals surface area (Å²) in [4.78, 5) is 15.2. The first-order chi connectivity index (χ1) is 8.26. The van der Waals surface area contributed by atoms with E-state index in [0.29, 0.717) is 23.3 Å². The van der Waals surface area contributed by atoms with Crippen LogP contribution in [0.1, 0.15) is 0 Å². The minimum atomic E-state index is -0.783. The quantitative estimate of drug-likeness (QED) is 0.639. The Labute approximate surface area is 97.4 Å². The molecule has 1 aromatic heterocycles. The molecule has 1 aromatic carbocycles. The van der Waals surface area contributed by atoms with Crippen LogP contribution in [0.4, 0.5) is 4.79 Å². The predicted octanol–water partition coefficient (Wildman–Crippen LogP) is 1.17. The summed E-state index contributed by atoms with van der Waals surface area (Å²) < 4.78 is 11.2. The van der Waals surface area contributed by atoms with Crippen molar-refractivity contribution in [2.75, 3.05) is 13.7 Å². The molecule has 1 N–H and O–H groups in total. The van der Waals surface area contributed by atoms with Crippen LogP contribution in [0.3, 0.4) is 0 Å². The fourth-order valence-corrected chi connectivity index (χ4v) is 1.58. The van der Waals surface area contributed by atoms with Crippen LogP contribution >= 0.6 is 0 Å². The van der Waals surface area contributed by atoms with E-state index in [-0.39, 0.29) is 6.61 Å². The predicted molar refractivity (Wildman–Crippen MR) is 59.9 cm³/mol. The number of carbonyl (C=O) groups excluding carboxylic acids is 1. The highest BCUT2D eigenvalue weighted by Gasteiger charge is 2.12. The minimum Gasteiger partial charge on any atom is -0.437 e. The molecule has 1 heterocycles. The molecule has 0 aliphatic carbocycles. The number of hydrogen-bond acceptors (Lipinski definition) is 5. The molecule has 0 unspecified atom stereocenters. The summed E-state index contributed by atoms with van der Waals surface area (Å²) in [6, 6.07) is 5.18. The summed E-state index contributed by atoms with van der Waals surface area (Å²) in [6.07, 6.45) is 0.805. The largest absolute Gasteiger partial charge is 0.513 e. The summed E-state index contributed by atoms with van der Waals surface area (Å²) in [5, 5.41) is 8.94. The molecular weight excluding hydrogens is 224 g/mol. The summed E-state index contributed by atoms with van der Waals surface area (Å²) >= 11 is 0. The lowest BCUT2D eigenvalue weighted by Gasteiger charge is -2.07. The highest BCUT2D eigenvalue weighted by Crippen LogP contribution is 2.25. The molecule has 0 bridgehead atoms. The summed E-state index contributed by atoms with van der Waals surface area (Å²) in [6.45, 7) is 0.371. The SMILES string of the molecule is COC(=O)Oc1cccc2ncn(CCO)c12. The average Bonchev–Trinajstić information content (AvgIpc) is 2.74. The summed E-state index contributed by atoms with van der Waals surface area (Å²) in [5.41, 5.74) is 1.35. The second kappa shape index (κ2) is 4.84. The van der Waals surface area contributed by atoms with Gasteiger partial charge < -0.3 is 19.1 Å². The van der Waals surface area contributed by atoms with E-state index < -0.39 is 6.16 Å². The Balaban J connectivity index is 2.46. The van der Waals surface area contributed by atoms with E-state index in [1.54, 1.807) is 29.1 Å². The summed E-state index contributed by atoms with van der Waals surface area (Å²) in [5.74, 6) is 0.361. The van der Waals surface area contributed by atoms with Gasteiger partial charge in [0.1, 0.15) is 5.52 Å². The van der Waals surface area contributed by atoms with Crippen molar-refractivity contribution in [1.29, 1.82) is 0 Å². The van der Waals surface area contributed by atoms with Crippen molar-refractivity contribution in [3.8, 4) is 5.75 Å². The molecule has 0 saturated carbocycles. The van der Waals surface area contributed by atoms with Crippen molar-refractivity contribution < 1.29 is 19.4 Å². The number of hydrogen-bond donors (Lipinski definition) is 1. The van der Waals surface area contributed by atoms with Gasteiger partial charge in [0.05, 0.1) is 25.6 Å². The van der Waals surface area contributed by atoms with Crippen LogP contribution in [0.15, 0.2) is 24.5 Å². The molecule has 2 rings (SSSR count). The second-order valence-electron chi connectivity index (χ2n) is 3.34. The Hall–Kier alpha value is -2.08. The first kappa shape index (κ1) is 11.4. The number of para-hydroxylation sites is 1. The standard InChI is InChI=1S/C11H12N2O4/c1-16-11(15)17-9-4-2-3-8-10(9)13(5-6-14)7-12-8/h2-4,7,14H,5-6H2,1H3. The van der Waals surface area contributed by atoms with Crippen molar-refractivity contribution >= 4 is 17.2 Å². The van der Waals surface area contributed by atoms with Crippen LogP contribution in [0.2, 0.25) is 0 Å². The van der Waals surface area contributed by atoms with Gasteiger partial charge in [-0.3, -0.25) is 0 Å². The van der Waals surface area contributed by atoms with Gasteiger partial charge in [-0.05, 0) is 12.1 Å². The van der Waals surface area contributed by atoms with Crippen molar-refractivity contribution in [3.05, 3.63) is 24.5 Å². The Morgan fingerprint density at radius 2 is 2.35 bits per heavy atom. The van der Waals surface area contributed by atoms with Crippen molar-refractivity contribution in [1.82, 2.24) is 9.55 Å². The van der Waals surface area contributed by atoms with Crippen LogP contribution in [-0.4, -0.2) is 34.5 Å². The number of methoxy groups -OCH3 is 1. The number of ether oxygens (including phenoxy) is 2. The molecule has 6 nitrogen and oxygen atoms in total. The van der Waals surface area contributed by atoms with Gasteiger partial charge in [-0.1, -0.05) is 6.07 Å². The third-order valence-electron chi connectivity index (χ3n) is 2.30. The zero-order valence-corrected chi connectivity index (χ0v) is 9.29. The fraction of sp³-hybridized carbons (Fsp3) is 0.273. The normalized spacial score (nSPS) is 10.5. The molecule has 2 aromatic rings. The number of nitrogens with zero attached hydrogens (tertiary/aromatic N) is 2. The highest BCUT2D eigenvalue weighted by molar-refractivity contribution is 5.84. The first-order valence-corrected chi connectivity index (χ1v) is 5.06. The van der Waals surface area contributed by atoms with Crippen LogP contribution in [0, 0.1) is 0 Å². The number of imidazole rings is 1. The van der Waals surface area contributed by atoms with Crippen molar-refractivity contribution in [2.45, 2.75) is 6.54 Å². The molecule has 0 spiro atoms. The zero-order valence-electron chi connectivity index (χ0n) is 9.29. The molecule has 90 valence electrons. The smallest absolute Gasteiger partial charge is 0.437 e. The molecule has 0 radical (unpaired) electrons. The van der Waals surface area contributed by atoms with E-state index in [1.165, 1.54) is 7.11 Å². The zero-order chi connectivity index (χ0) is 12.3. The van der Waals surface area contributed by atoms with Gasteiger partial charge in [0.2, 0.25) is 0 Å². The fourth-order valence-electron chi connectivity index (χ4n) is 1.58. The first-order valence-electron chi connectivity index (χ1n) is 5.06. The van der Waals surface area contributed by atoms with Crippen LogP contribution in [0.5, 0.6) is 5.75 Å². The van der Waals surface area contributed by atoms with E-state index in [1.807, 2.05) is 0 Å². The van der Waals surface area contributed by atoms with Crippen molar-refractivity contribution in [3.63, 3.8) is 0 Å². The maximum atomic E-state index is 11.1. The lowest BCUT2D eigenvalue weighted by Crippen LogP contribution is -2.09. The van der Waals surface area contributed by atoms with Gasteiger partial charge in [-0.2, -0.15) is 0 Å². The van der Waals surface area contributed by atoms with Crippen LogP contribution in [-0.2, 0) is 11.3 Å². The number of aliphatic hydroxyl groups excluding tert-OH is 1. The third kappa shape index (κ3) is 2.21. The van der Waals surface area contributed by atoms with E-state index in [9.17, 15) is 4.79 Å². The number of aliphatic hydroxyl groups is 1. The Morgan fingerprint density at radius 3 is 3.06 bits per heavy atom. The molecular formula is C11H12N2O4. The average molecular weight is 236 g/mol. The number of rotatable bonds is 3. The van der Waals surface area contributed by atoms with Gasteiger partial charge in [-0.15, -0.1) is 0 Å². The molecule has 0 fully saturated rings. The molecule has 0 atom stereocenters. The molecule has 0 aliphatic rings. The maximum absolute atomic E-state index is 11.1. The van der Waals surface area contributed by atoms with E-state index in [0.717, 1.165) is 0 Å². The number of carbonyl (C=O) groups is 1. The molecule has 0 saturated heterocycles.